The van der Waals surface area contributed by atoms with Crippen LogP contribution in [0.5, 0.6) is 5.75 Å². The Labute approximate surface area is 233 Å². The Morgan fingerprint density at radius 2 is 1.89 bits per heavy atom. The number of nitrogens with zero attached hydrogens (tertiary/aromatic N) is 3. The van der Waals surface area contributed by atoms with Gasteiger partial charge < -0.3 is 24.8 Å². The molecule has 0 saturated carbocycles. The minimum absolute atomic E-state index is 0. The molecule has 2 aliphatic heterocycles. The van der Waals surface area contributed by atoms with Gasteiger partial charge in [0.2, 0.25) is 5.91 Å². The number of imide groups is 1. The largest absolute Gasteiger partial charge is 1.00 e. The average molecular weight is 554 g/mol. The van der Waals surface area contributed by atoms with Gasteiger partial charge >= 0.3 is 47.4 Å². The van der Waals surface area contributed by atoms with Crippen LogP contribution in [-0.4, -0.2) is 96.1 Å². The van der Waals surface area contributed by atoms with E-state index in [-0.39, 0.29) is 69.8 Å². The Hall–Kier alpha value is -2.43. The van der Waals surface area contributed by atoms with Crippen LogP contribution in [0.1, 0.15) is 18.5 Å². The zero-order chi connectivity index (χ0) is 26.1. The summed E-state index contributed by atoms with van der Waals surface area (Å²) in [6, 6.07) is 0.242. The number of carbonyl (C=O) groups is 5. The molecule has 1 aromatic rings. The maximum absolute atomic E-state index is 13.0. The molecule has 14 nitrogen and oxygen atoms in total. The molecule has 190 valence electrons. The third-order valence-electron chi connectivity index (χ3n) is 5.45. The van der Waals surface area contributed by atoms with E-state index >= 15 is 0 Å². The van der Waals surface area contributed by atoms with Crippen molar-refractivity contribution in [3.63, 3.8) is 0 Å². The van der Waals surface area contributed by atoms with Crippen LogP contribution >= 0.6 is 11.6 Å². The number of carbonyl (C=O) groups excluding carboxylic acids is 5. The number of benzene rings is 1. The average Bonchev–Trinajstić information content (AvgIpc) is 2.80. The molecule has 1 unspecified atom stereocenters. The summed E-state index contributed by atoms with van der Waals surface area (Å²) in [5, 5.41) is 4.68. The molecule has 0 aromatic heterocycles. The molecule has 6 amide bonds. The summed E-state index contributed by atoms with van der Waals surface area (Å²) in [6.07, 6.45) is 0. The van der Waals surface area contributed by atoms with Crippen molar-refractivity contribution in [1.29, 1.82) is 0 Å². The number of β-lactam (4-membered cyclic amide) rings is 1. The number of amides is 6. The van der Waals surface area contributed by atoms with E-state index in [9.17, 15) is 36.9 Å². The number of halogens is 1. The van der Waals surface area contributed by atoms with Gasteiger partial charge in [-0.1, -0.05) is 17.7 Å². The number of ether oxygens (including phenoxy) is 1. The molecule has 2 atom stereocenters. The van der Waals surface area contributed by atoms with Crippen LogP contribution in [0.3, 0.4) is 0 Å². The van der Waals surface area contributed by atoms with E-state index in [1.807, 2.05) is 0 Å². The van der Waals surface area contributed by atoms with Crippen LogP contribution in [0.25, 0.3) is 0 Å². The molecule has 2 fully saturated rings. The minimum Gasteiger partial charge on any atom is -0.731 e. The van der Waals surface area contributed by atoms with Crippen LogP contribution in [-0.2, 0) is 29.5 Å². The van der Waals surface area contributed by atoms with Crippen molar-refractivity contribution in [2.45, 2.75) is 19.0 Å². The summed E-state index contributed by atoms with van der Waals surface area (Å²) in [5.74, 6) is -3.77. The number of rotatable bonds is 7. The number of likely N-dealkylation sites (N-methyl/N-ethyl adjacent to an activating group) is 1. The number of hydrogen-bond donors (Lipinski definition) is 2. The summed E-state index contributed by atoms with van der Waals surface area (Å²) in [5.41, 5.74) is 0.132. The first-order valence-electron chi connectivity index (χ1n) is 10.2. The molecule has 2 aliphatic rings. The number of urea groups is 1. The Kier molecular flexibility index (Phi) is 9.72. The summed E-state index contributed by atoms with van der Waals surface area (Å²) in [7, 11) is -3.66. The molecule has 1 aromatic carbocycles. The number of nitrogens with one attached hydrogen (secondary N) is 2. The zero-order valence-corrected chi connectivity index (χ0v) is 23.1. The first kappa shape index (κ1) is 29.8. The third-order valence-corrected chi connectivity index (χ3v) is 6.62. The Morgan fingerprint density at radius 3 is 2.42 bits per heavy atom. The van der Waals surface area contributed by atoms with Crippen molar-refractivity contribution in [3.8, 4) is 5.75 Å². The number of methoxy groups -OCH3 is 1. The Balaban J connectivity index is 0.00000456. The number of piperazine rings is 1. The fourth-order valence-electron chi connectivity index (χ4n) is 3.49. The Bertz CT molecular complexity index is 1200. The topological polar surface area (TPSA) is 186 Å². The van der Waals surface area contributed by atoms with E-state index in [0.717, 1.165) is 0 Å². The Morgan fingerprint density at radius 1 is 1.22 bits per heavy atom. The van der Waals surface area contributed by atoms with E-state index in [0.29, 0.717) is 4.90 Å². The van der Waals surface area contributed by atoms with Crippen molar-refractivity contribution >= 4 is 51.6 Å². The fourth-order valence-corrected chi connectivity index (χ4v) is 4.44. The van der Waals surface area contributed by atoms with E-state index in [4.69, 9.17) is 16.3 Å². The van der Waals surface area contributed by atoms with Crippen LogP contribution in [0.2, 0.25) is 5.02 Å². The van der Waals surface area contributed by atoms with Gasteiger partial charge in [0.25, 0.3) is 5.91 Å². The van der Waals surface area contributed by atoms with Crippen molar-refractivity contribution in [2.75, 3.05) is 33.3 Å². The van der Waals surface area contributed by atoms with Gasteiger partial charge in [0, 0.05) is 19.6 Å². The third kappa shape index (κ3) is 6.10. The molecular formula is C19H21ClN5NaO9S. The second-order valence-electron chi connectivity index (χ2n) is 7.51. The summed E-state index contributed by atoms with van der Waals surface area (Å²) >= 11 is 6.13. The standard InChI is InChI=1S/C19H22ClN5O9S.Na/c1-3-23-6-7-24(18(29)17(23)28)19(30)22-14(10-4-5-13(34-2)11(20)8-10)15(26)21-12-9-25(16(12)27)35(31,32)33;/h4-5,8,12,14H,3,6-7,9H2,1-2H3,(H,21,26)(H,22,30)(H,31,32,33);/q;+1/p-1/t12?,14-;/m1./s1. The van der Waals surface area contributed by atoms with Crippen LogP contribution in [0, 0.1) is 0 Å². The van der Waals surface area contributed by atoms with Gasteiger partial charge in [0.1, 0.15) is 17.8 Å². The van der Waals surface area contributed by atoms with Crippen molar-refractivity contribution < 1.29 is 71.2 Å². The van der Waals surface area contributed by atoms with Gasteiger partial charge in [0.15, 0.2) is 10.3 Å². The van der Waals surface area contributed by atoms with E-state index in [2.05, 4.69) is 10.6 Å². The van der Waals surface area contributed by atoms with Crippen molar-refractivity contribution in [2.24, 2.45) is 0 Å². The molecule has 0 spiro atoms. The van der Waals surface area contributed by atoms with Crippen LogP contribution in [0.15, 0.2) is 18.2 Å². The fraction of sp³-hybridized carbons (Fsp3) is 0.421. The molecule has 0 radical (unpaired) electrons. The normalized spacial score (nSPS) is 18.7. The summed E-state index contributed by atoms with van der Waals surface area (Å²) in [4.78, 5) is 64.2. The van der Waals surface area contributed by atoms with Gasteiger partial charge in [-0.05, 0) is 24.6 Å². The van der Waals surface area contributed by atoms with E-state index in [1.165, 1.54) is 30.2 Å². The summed E-state index contributed by atoms with van der Waals surface area (Å²) in [6.45, 7) is 1.37. The summed E-state index contributed by atoms with van der Waals surface area (Å²) < 4.78 is 38.2. The monoisotopic (exact) mass is 553 g/mol. The van der Waals surface area contributed by atoms with Gasteiger partial charge in [-0.25, -0.2) is 17.5 Å². The molecule has 2 heterocycles. The smallest absolute Gasteiger partial charge is 0.731 e. The van der Waals surface area contributed by atoms with Gasteiger partial charge in [0.05, 0.1) is 18.7 Å². The van der Waals surface area contributed by atoms with Crippen molar-refractivity contribution in [3.05, 3.63) is 28.8 Å². The van der Waals surface area contributed by atoms with E-state index < -0.39 is 58.6 Å². The first-order valence-corrected chi connectivity index (χ1v) is 12.0. The second kappa shape index (κ2) is 11.7. The van der Waals surface area contributed by atoms with E-state index in [1.54, 1.807) is 6.92 Å². The van der Waals surface area contributed by atoms with Gasteiger partial charge in [-0.15, -0.1) is 0 Å². The SMILES string of the molecule is CCN1CCN(C(=O)N[C@@H](C(=O)NC2CN(S(=O)(=O)[O-])C2=O)c2ccc(OC)c(Cl)c2)C(=O)C1=O.[Na+]. The second-order valence-corrected chi connectivity index (χ2v) is 9.21. The van der Waals surface area contributed by atoms with Crippen LogP contribution < -0.4 is 44.9 Å². The van der Waals surface area contributed by atoms with Crippen molar-refractivity contribution in [1.82, 2.24) is 24.7 Å². The quantitative estimate of drug-likeness (QED) is 0.145. The van der Waals surface area contributed by atoms with Gasteiger partial charge in [-0.2, -0.15) is 0 Å². The zero-order valence-electron chi connectivity index (χ0n) is 19.5. The molecule has 0 aliphatic carbocycles. The maximum atomic E-state index is 13.0. The first-order chi connectivity index (χ1) is 16.4. The molecule has 0 bridgehead atoms. The number of hydrogen-bond acceptors (Lipinski definition) is 9. The molecule has 2 saturated heterocycles. The molecule has 3 rings (SSSR count). The van der Waals surface area contributed by atoms with Gasteiger partial charge in [-0.3, -0.25) is 24.1 Å². The molecule has 36 heavy (non-hydrogen) atoms. The molecule has 17 heteroatoms. The van der Waals surface area contributed by atoms with Crippen LogP contribution in [0.4, 0.5) is 4.79 Å². The predicted molar refractivity (Wildman–Crippen MR) is 117 cm³/mol. The molecular weight excluding hydrogens is 533 g/mol. The molecule has 2 N–H and O–H groups in total. The minimum atomic E-state index is -5.02. The predicted octanol–water partition coefficient (Wildman–Crippen LogP) is -4.42. The maximum Gasteiger partial charge on any atom is 1.00 e.